The van der Waals surface area contributed by atoms with Crippen molar-refractivity contribution in [3.05, 3.63) is 80.5 Å². The first-order chi connectivity index (χ1) is 15.2. The fraction of sp³-hybridized carbons (Fsp3) is 0.273. The summed E-state index contributed by atoms with van der Waals surface area (Å²) < 4.78 is 46.4. The van der Waals surface area contributed by atoms with Crippen molar-refractivity contribution >= 4 is 33.4 Å². The summed E-state index contributed by atoms with van der Waals surface area (Å²) in [6.45, 7) is 2.32. The van der Waals surface area contributed by atoms with E-state index in [9.17, 15) is 18.0 Å². The average molecular weight is 531 g/mol. The Morgan fingerprint density at radius 2 is 1.88 bits per heavy atom. The largest absolute Gasteiger partial charge is 0.488 e. The quantitative estimate of drug-likeness (QED) is 0.362. The highest BCUT2D eigenvalue weighted by Gasteiger charge is 2.38. The van der Waals surface area contributed by atoms with Crippen LogP contribution in [-0.4, -0.2) is 22.2 Å². The number of amides is 1. The topological polar surface area (TPSA) is 56.2 Å². The van der Waals surface area contributed by atoms with Crippen molar-refractivity contribution in [1.82, 2.24) is 15.1 Å². The molecule has 1 amide bonds. The first kappa shape index (κ1) is 24.1. The number of halogens is 5. The van der Waals surface area contributed by atoms with E-state index >= 15 is 0 Å². The molecule has 5 nitrogen and oxygen atoms in total. The summed E-state index contributed by atoms with van der Waals surface area (Å²) in [5, 5.41) is 5.90. The SMILES string of the molecule is Cc1c(Cl)c(C(F)(F)F)nn1CCCNC(=O)c1ccc(COc2ccccc2Br)cc1. The molecule has 0 atom stereocenters. The van der Waals surface area contributed by atoms with Crippen LogP contribution >= 0.6 is 27.5 Å². The minimum absolute atomic E-state index is 0.202. The predicted octanol–water partition coefficient (Wildman–Crippen LogP) is 6.03. The van der Waals surface area contributed by atoms with Crippen LogP contribution in [0.1, 0.15) is 33.7 Å². The van der Waals surface area contributed by atoms with Crippen molar-refractivity contribution in [2.75, 3.05) is 6.54 Å². The number of alkyl halides is 3. The Balaban J connectivity index is 1.47. The molecule has 0 aliphatic rings. The minimum Gasteiger partial charge on any atom is -0.488 e. The molecule has 0 saturated carbocycles. The summed E-state index contributed by atoms with van der Waals surface area (Å²) in [5.41, 5.74) is 0.533. The van der Waals surface area contributed by atoms with Gasteiger partial charge in [0.15, 0.2) is 5.69 Å². The highest BCUT2D eigenvalue weighted by atomic mass is 79.9. The maximum absolute atomic E-state index is 12.9. The van der Waals surface area contributed by atoms with Crippen LogP contribution in [0.25, 0.3) is 0 Å². The lowest BCUT2D eigenvalue weighted by Crippen LogP contribution is -2.25. The smallest absolute Gasteiger partial charge is 0.436 e. The number of carbonyl (C=O) groups excluding carboxylic acids is 1. The van der Waals surface area contributed by atoms with Gasteiger partial charge >= 0.3 is 6.18 Å². The van der Waals surface area contributed by atoms with Gasteiger partial charge in [-0.2, -0.15) is 18.3 Å². The Kier molecular flexibility index (Phi) is 7.84. The molecule has 0 fully saturated rings. The normalized spacial score (nSPS) is 11.4. The van der Waals surface area contributed by atoms with Crippen LogP contribution in [0.4, 0.5) is 13.2 Å². The lowest BCUT2D eigenvalue weighted by molar-refractivity contribution is -0.141. The fourth-order valence-electron chi connectivity index (χ4n) is 2.93. The standard InChI is InChI=1S/C22H20BrClF3N3O2/c1-14-19(24)20(22(25,26)27)29-30(14)12-4-11-28-21(31)16-9-7-15(8-10-16)13-32-18-6-3-2-5-17(18)23/h2-3,5-10H,4,11-13H2,1H3,(H,28,31). The van der Waals surface area contributed by atoms with E-state index in [2.05, 4.69) is 26.3 Å². The molecule has 3 rings (SSSR count). The molecule has 1 heterocycles. The number of para-hydroxylation sites is 1. The third-order valence-electron chi connectivity index (χ3n) is 4.68. The van der Waals surface area contributed by atoms with Crippen LogP contribution < -0.4 is 10.1 Å². The number of aromatic nitrogens is 2. The minimum atomic E-state index is -4.60. The molecule has 170 valence electrons. The molecule has 10 heteroatoms. The zero-order valence-corrected chi connectivity index (χ0v) is 19.4. The molecule has 0 aliphatic carbocycles. The van der Waals surface area contributed by atoms with Gasteiger partial charge < -0.3 is 10.1 Å². The molecule has 2 aromatic carbocycles. The van der Waals surface area contributed by atoms with E-state index in [-0.39, 0.29) is 24.7 Å². The molecule has 32 heavy (non-hydrogen) atoms. The summed E-state index contributed by atoms with van der Waals surface area (Å²) in [6.07, 6.45) is -4.20. The lowest BCUT2D eigenvalue weighted by Gasteiger charge is -2.09. The number of aryl methyl sites for hydroxylation is 1. The molecule has 0 bridgehead atoms. The Labute approximate surface area is 196 Å². The number of carbonyl (C=O) groups is 1. The third kappa shape index (κ3) is 6.04. The summed E-state index contributed by atoms with van der Waals surface area (Å²) in [7, 11) is 0. The van der Waals surface area contributed by atoms with Crippen LogP contribution in [-0.2, 0) is 19.3 Å². The lowest BCUT2D eigenvalue weighted by atomic mass is 10.1. The number of ether oxygens (including phenoxy) is 1. The van der Waals surface area contributed by atoms with Gasteiger partial charge in [0, 0.05) is 18.7 Å². The number of hydrogen-bond acceptors (Lipinski definition) is 3. The van der Waals surface area contributed by atoms with Gasteiger partial charge in [-0.05, 0) is 59.1 Å². The second-order valence-electron chi connectivity index (χ2n) is 6.99. The number of benzene rings is 2. The van der Waals surface area contributed by atoms with Gasteiger partial charge in [-0.1, -0.05) is 35.9 Å². The molecule has 3 aromatic rings. The van der Waals surface area contributed by atoms with Gasteiger partial charge in [-0.3, -0.25) is 9.48 Å². The number of nitrogens with one attached hydrogen (secondary N) is 1. The molecular weight excluding hydrogens is 511 g/mol. The van der Waals surface area contributed by atoms with Crippen LogP contribution in [0.15, 0.2) is 53.0 Å². The summed E-state index contributed by atoms with van der Waals surface area (Å²) in [5.74, 6) is 0.458. The first-order valence-electron chi connectivity index (χ1n) is 9.71. The van der Waals surface area contributed by atoms with Crippen molar-refractivity contribution in [2.24, 2.45) is 0 Å². The fourth-order valence-corrected chi connectivity index (χ4v) is 3.57. The van der Waals surface area contributed by atoms with Crippen LogP contribution in [0.2, 0.25) is 5.02 Å². The molecule has 1 aromatic heterocycles. The van der Waals surface area contributed by atoms with Gasteiger partial charge in [0.05, 0.1) is 15.2 Å². The van der Waals surface area contributed by atoms with Crippen LogP contribution in [0.3, 0.4) is 0 Å². The zero-order valence-electron chi connectivity index (χ0n) is 17.0. The monoisotopic (exact) mass is 529 g/mol. The Morgan fingerprint density at radius 3 is 2.50 bits per heavy atom. The molecule has 0 aliphatic heterocycles. The van der Waals surface area contributed by atoms with Gasteiger partial charge in [0.2, 0.25) is 0 Å². The number of nitrogens with zero attached hydrogens (tertiary/aromatic N) is 2. The van der Waals surface area contributed by atoms with Crippen LogP contribution in [0.5, 0.6) is 5.75 Å². The van der Waals surface area contributed by atoms with Crippen molar-refractivity contribution in [3.8, 4) is 5.75 Å². The Morgan fingerprint density at radius 1 is 1.19 bits per heavy atom. The van der Waals surface area contributed by atoms with Crippen molar-refractivity contribution in [1.29, 1.82) is 0 Å². The number of rotatable bonds is 8. The molecule has 1 N–H and O–H groups in total. The summed E-state index contributed by atoms with van der Waals surface area (Å²) >= 11 is 9.16. The van der Waals surface area contributed by atoms with E-state index in [0.29, 0.717) is 18.6 Å². The zero-order chi connectivity index (χ0) is 23.3. The van der Waals surface area contributed by atoms with Crippen molar-refractivity contribution in [3.63, 3.8) is 0 Å². The number of hydrogen-bond donors (Lipinski definition) is 1. The van der Waals surface area contributed by atoms with E-state index in [1.54, 1.807) is 24.3 Å². The molecule has 0 radical (unpaired) electrons. The Bertz CT molecular complexity index is 1090. The van der Waals surface area contributed by atoms with E-state index in [1.165, 1.54) is 11.6 Å². The van der Waals surface area contributed by atoms with E-state index in [0.717, 1.165) is 15.8 Å². The highest BCUT2D eigenvalue weighted by molar-refractivity contribution is 9.10. The molecule has 0 unspecified atom stereocenters. The van der Waals surface area contributed by atoms with E-state index < -0.39 is 16.9 Å². The molecule has 0 spiro atoms. The van der Waals surface area contributed by atoms with Crippen LogP contribution in [0, 0.1) is 6.92 Å². The van der Waals surface area contributed by atoms with Crippen molar-refractivity contribution < 1.29 is 22.7 Å². The van der Waals surface area contributed by atoms with Gasteiger partial charge in [0.25, 0.3) is 5.91 Å². The predicted molar refractivity (Wildman–Crippen MR) is 119 cm³/mol. The second kappa shape index (κ2) is 10.4. The highest BCUT2D eigenvalue weighted by Crippen LogP contribution is 2.35. The van der Waals surface area contributed by atoms with Gasteiger partial charge in [-0.25, -0.2) is 0 Å². The maximum Gasteiger partial charge on any atom is 0.436 e. The Hall–Kier alpha value is -2.52. The van der Waals surface area contributed by atoms with Gasteiger partial charge in [-0.15, -0.1) is 0 Å². The molecular formula is C22H20BrClF3N3O2. The second-order valence-corrected chi connectivity index (χ2v) is 8.23. The van der Waals surface area contributed by atoms with E-state index in [1.807, 2.05) is 24.3 Å². The first-order valence-corrected chi connectivity index (χ1v) is 10.9. The van der Waals surface area contributed by atoms with E-state index in [4.69, 9.17) is 16.3 Å². The maximum atomic E-state index is 12.9. The third-order valence-corrected chi connectivity index (χ3v) is 5.79. The van der Waals surface area contributed by atoms with Gasteiger partial charge in [0.1, 0.15) is 12.4 Å². The summed E-state index contributed by atoms with van der Waals surface area (Å²) in [6, 6.07) is 14.5. The summed E-state index contributed by atoms with van der Waals surface area (Å²) in [4.78, 5) is 12.3. The molecule has 0 saturated heterocycles. The van der Waals surface area contributed by atoms with Crippen molar-refractivity contribution in [2.45, 2.75) is 32.7 Å². The average Bonchev–Trinajstić information content (AvgIpc) is 3.05.